The Morgan fingerprint density at radius 2 is 1.08 bits per heavy atom. The molecule has 2 nitrogen and oxygen atoms in total. The lowest BCUT2D eigenvalue weighted by atomic mass is 9.78. The fourth-order valence-corrected chi connectivity index (χ4v) is 9.37. The Morgan fingerprint density at radius 1 is 0.500 bits per heavy atom. The van der Waals surface area contributed by atoms with Crippen LogP contribution in [-0.4, -0.2) is 6.04 Å². The van der Waals surface area contributed by atoms with Gasteiger partial charge < -0.3 is 9.80 Å². The molecule has 1 heterocycles. The molecule has 1 aliphatic carbocycles. The first-order valence-corrected chi connectivity index (χ1v) is 21.7. The fraction of sp³-hybridized carbons (Fsp3) is 0.241. The van der Waals surface area contributed by atoms with E-state index in [1.54, 1.807) is 0 Å². The van der Waals surface area contributed by atoms with Crippen LogP contribution in [0.1, 0.15) is 90.5 Å². The maximum atomic E-state index is 2.56. The van der Waals surface area contributed by atoms with Crippen LogP contribution >= 0.6 is 0 Å². The fourth-order valence-electron chi connectivity index (χ4n) is 9.37. The summed E-state index contributed by atoms with van der Waals surface area (Å²) in [7, 11) is 0. The van der Waals surface area contributed by atoms with Gasteiger partial charge in [0.15, 0.2) is 0 Å². The summed E-state index contributed by atoms with van der Waals surface area (Å²) in [6.45, 7) is 20.8. The van der Waals surface area contributed by atoms with E-state index in [4.69, 9.17) is 0 Å². The third-order valence-corrected chi connectivity index (χ3v) is 12.7. The van der Waals surface area contributed by atoms with Crippen molar-refractivity contribution in [3.8, 4) is 22.3 Å². The van der Waals surface area contributed by atoms with Gasteiger partial charge in [0.05, 0.1) is 17.6 Å². The molecule has 0 fully saturated rings. The van der Waals surface area contributed by atoms with Crippen molar-refractivity contribution < 1.29 is 0 Å². The number of rotatable bonds is 6. The summed E-state index contributed by atoms with van der Waals surface area (Å²) in [5.41, 5.74) is 16.5. The molecule has 7 aromatic rings. The minimum Gasteiger partial charge on any atom is -0.333 e. The monoisotopic (exact) mass is 782 g/mol. The first-order valence-electron chi connectivity index (χ1n) is 21.7. The summed E-state index contributed by atoms with van der Waals surface area (Å²) in [5.74, 6) is 0.0980. The molecular weight excluding hydrogens is 725 g/mol. The molecule has 2 atom stereocenters. The highest BCUT2D eigenvalue weighted by atomic mass is 15.2. The van der Waals surface area contributed by atoms with Crippen LogP contribution in [0.2, 0.25) is 0 Å². The van der Waals surface area contributed by atoms with Crippen molar-refractivity contribution in [2.75, 3.05) is 9.80 Å². The molecule has 0 amide bonds. The maximum Gasteiger partial charge on any atom is 0.0650 e. The number of nitrogens with zero attached hydrogens (tertiary/aromatic N) is 2. The minimum atomic E-state index is 0.00797. The first-order chi connectivity index (χ1) is 28.7. The van der Waals surface area contributed by atoms with E-state index >= 15 is 0 Å². The van der Waals surface area contributed by atoms with Crippen molar-refractivity contribution >= 4 is 33.5 Å². The van der Waals surface area contributed by atoms with Crippen LogP contribution in [0.3, 0.4) is 0 Å². The van der Waals surface area contributed by atoms with Gasteiger partial charge in [0.25, 0.3) is 0 Å². The Hall–Kier alpha value is -6.12. The number of hydrogen-bond acceptors (Lipinski definition) is 2. The molecule has 0 saturated carbocycles. The van der Waals surface area contributed by atoms with Crippen molar-refractivity contribution in [1.29, 1.82) is 0 Å². The predicted molar refractivity (Wildman–Crippen MR) is 258 cm³/mol. The zero-order chi connectivity index (χ0) is 42.0. The first kappa shape index (κ1) is 39.3. The largest absolute Gasteiger partial charge is 0.333 e. The molecular formula is C58H58N2. The highest BCUT2D eigenvalue weighted by molar-refractivity contribution is 6.08. The van der Waals surface area contributed by atoms with E-state index in [-0.39, 0.29) is 28.2 Å². The van der Waals surface area contributed by atoms with E-state index in [1.165, 1.54) is 72.4 Å². The molecule has 0 radical (unpaired) electrons. The van der Waals surface area contributed by atoms with Gasteiger partial charge in [0.1, 0.15) is 0 Å². The van der Waals surface area contributed by atoms with E-state index in [1.807, 2.05) is 0 Å². The molecule has 2 aliphatic rings. The zero-order valence-electron chi connectivity index (χ0n) is 36.8. The second-order valence-electron chi connectivity index (χ2n) is 19.9. The van der Waals surface area contributed by atoms with Gasteiger partial charge in [-0.15, -0.1) is 0 Å². The van der Waals surface area contributed by atoms with Gasteiger partial charge in [0, 0.05) is 28.3 Å². The molecule has 300 valence electrons. The standard InChI is InChI=1S/C58H58N2/c1-56(2,3)41-32-34-45(35-33-41)60(53-31-19-30-52-55(53)49-25-14-16-29-51(49)59(52)44-22-11-10-12-23-44)50-28-15-13-24-47(50)48-27-18-21-39-20-17-26-46(54(39)48)40-36-42(57(4,5)6)38-43(37-40)58(7,8)9/h10-38,52,55H,1-9H3. The highest BCUT2D eigenvalue weighted by Crippen LogP contribution is 2.54. The van der Waals surface area contributed by atoms with Crippen LogP contribution in [0.25, 0.3) is 33.0 Å². The van der Waals surface area contributed by atoms with Gasteiger partial charge in [-0.1, -0.05) is 196 Å². The van der Waals surface area contributed by atoms with Crippen molar-refractivity contribution in [3.05, 3.63) is 204 Å². The Morgan fingerprint density at radius 3 is 1.75 bits per heavy atom. The van der Waals surface area contributed by atoms with Crippen LogP contribution in [0.15, 0.2) is 182 Å². The molecule has 60 heavy (non-hydrogen) atoms. The van der Waals surface area contributed by atoms with Crippen LogP contribution in [0, 0.1) is 0 Å². The molecule has 0 saturated heterocycles. The van der Waals surface area contributed by atoms with Gasteiger partial charge in [-0.05, 0) is 108 Å². The Balaban J connectivity index is 1.28. The van der Waals surface area contributed by atoms with Crippen molar-refractivity contribution in [2.24, 2.45) is 0 Å². The number of anilines is 4. The number of para-hydroxylation sites is 3. The van der Waals surface area contributed by atoms with Crippen molar-refractivity contribution in [1.82, 2.24) is 0 Å². The normalized spacial score (nSPS) is 16.4. The average Bonchev–Trinajstić information content (AvgIpc) is 3.58. The quantitative estimate of drug-likeness (QED) is 0.166. The van der Waals surface area contributed by atoms with Crippen LogP contribution < -0.4 is 9.80 Å². The summed E-state index contributed by atoms with van der Waals surface area (Å²) in [6, 6.07) is 59.4. The molecule has 1 aliphatic heterocycles. The van der Waals surface area contributed by atoms with Gasteiger partial charge >= 0.3 is 0 Å². The third kappa shape index (κ3) is 7.06. The van der Waals surface area contributed by atoms with Crippen molar-refractivity contribution in [2.45, 2.75) is 90.5 Å². The average molecular weight is 783 g/mol. The second kappa shape index (κ2) is 14.9. The Kier molecular flexibility index (Phi) is 9.74. The van der Waals surface area contributed by atoms with Gasteiger partial charge in [0.2, 0.25) is 0 Å². The summed E-state index contributed by atoms with van der Waals surface area (Å²) in [6.07, 6.45) is 7.03. The second-order valence-corrected chi connectivity index (χ2v) is 19.9. The maximum absolute atomic E-state index is 2.56. The SMILES string of the molecule is CC(C)(C)c1ccc(N(C2=CC=CC3C2c2ccccc2N3c2ccccc2)c2ccccc2-c2cccc3cccc(-c4cc(C(C)(C)C)cc(C(C)(C)C)c4)c23)cc1. The highest BCUT2D eigenvalue weighted by Gasteiger charge is 2.43. The number of hydrogen-bond donors (Lipinski definition) is 0. The molecule has 9 rings (SSSR count). The number of benzene rings is 7. The minimum absolute atomic E-state index is 0.00797. The van der Waals surface area contributed by atoms with E-state index in [0.717, 1.165) is 11.4 Å². The lowest BCUT2D eigenvalue weighted by Crippen LogP contribution is -2.34. The van der Waals surface area contributed by atoms with Crippen molar-refractivity contribution in [3.63, 3.8) is 0 Å². The topological polar surface area (TPSA) is 6.48 Å². The van der Waals surface area contributed by atoms with Crippen LogP contribution in [-0.2, 0) is 16.2 Å². The van der Waals surface area contributed by atoms with Crippen LogP contribution in [0.4, 0.5) is 22.7 Å². The smallest absolute Gasteiger partial charge is 0.0650 e. The predicted octanol–water partition coefficient (Wildman–Crippen LogP) is 16.0. The van der Waals surface area contributed by atoms with E-state index < -0.39 is 0 Å². The Bertz CT molecular complexity index is 2730. The van der Waals surface area contributed by atoms with E-state index in [9.17, 15) is 0 Å². The van der Waals surface area contributed by atoms with Gasteiger partial charge in [-0.25, -0.2) is 0 Å². The van der Waals surface area contributed by atoms with Gasteiger partial charge in [-0.2, -0.15) is 0 Å². The molecule has 7 aromatic carbocycles. The number of allylic oxidation sites excluding steroid dienone is 2. The molecule has 2 unspecified atom stereocenters. The molecule has 2 heteroatoms. The van der Waals surface area contributed by atoms with Crippen LogP contribution in [0.5, 0.6) is 0 Å². The third-order valence-electron chi connectivity index (χ3n) is 12.7. The molecule has 0 N–H and O–H groups in total. The molecule has 0 aromatic heterocycles. The van der Waals surface area contributed by atoms with E-state index in [0.29, 0.717) is 0 Å². The zero-order valence-corrected chi connectivity index (χ0v) is 36.8. The summed E-state index contributed by atoms with van der Waals surface area (Å²) in [4.78, 5) is 5.10. The molecule has 0 bridgehead atoms. The van der Waals surface area contributed by atoms with Gasteiger partial charge in [-0.3, -0.25) is 0 Å². The molecule has 0 spiro atoms. The number of fused-ring (bicyclic) bond motifs is 4. The van der Waals surface area contributed by atoms with E-state index in [2.05, 4.69) is 248 Å². The summed E-state index contributed by atoms with van der Waals surface area (Å²) >= 11 is 0. The summed E-state index contributed by atoms with van der Waals surface area (Å²) < 4.78 is 0. The summed E-state index contributed by atoms with van der Waals surface area (Å²) in [5, 5.41) is 2.51. The Labute approximate surface area is 358 Å². The lowest BCUT2D eigenvalue weighted by Gasteiger charge is -2.38. The lowest BCUT2D eigenvalue weighted by molar-refractivity contribution is 0.569.